The molecule has 0 unspecified atom stereocenters. The van der Waals surface area contributed by atoms with Crippen LogP contribution in [0.3, 0.4) is 0 Å². The Kier molecular flexibility index (Phi) is 2.46. The third kappa shape index (κ3) is 1.50. The molecule has 76 valence electrons. The minimum absolute atomic E-state index is 0.676. The zero-order valence-corrected chi connectivity index (χ0v) is 9.17. The highest BCUT2D eigenvalue weighted by Gasteiger charge is 2.26. The van der Waals surface area contributed by atoms with Gasteiger partial charge in [0.05, 0.1) is 0 Å². The first-order valence-corrected chi connectivity index (χ1v) is 5.21. The lowest BCUT2D eigenvalue weighted by molar-refractivity contribution is 0.450. The van der Waals surface area contributed by atoms with E-state index < -0.39 is 0 Å². The van der Waals surface area contributed by atoms with Crippen molar-refractivity contribution in [3.05, 3.63) is 29.3 Å². The van der Waals surface area contributed by atoms with Crippen molar-refractivity contribution < 1.29 is 0 Å². The SMILES string of the molecule is CNC1CN(c2cccc(C)c2C)C1. The highest BCUT2D eigenvalue weighted by molar-refractivity contribution is 5.57. The van der Waals surface area contributed by atoms with Crippen LogP contribution in [0.1, 0.15) is 11.1 Å². The fourth-order valence-electron chi connectivity index (χ4n) is 1.94. The second-order valence-corrected chi connectivity index (χ2v) is 4.11. The molecule has 0 spiro atoms. The van der Waals surface area contributed by atoms with Crippen LogP contribution in [0.25, 0.3) is 0 Å². The van der Waals surface area contributed by atoms with Gasteiger partial charge in [-0.15, -0.1) is 0 Å². The molecule has 14 heavy (non-hydrogen) atoms. The zero-order chi connectivity index (χ0) is 10.1. The number of aryl methyl sites for hydroxylation is 1. The molecule has 0 atom stereocenters. The first-order valence-electron chi connectivity index (χ1n) is 5.21. The average molecular weight is 190 g/mol. The molecule has 1 aliphatic heterocycles. The second kappa shape index (κ2) is 3.62. The lowest BCUT2D eigenvalue weighted by atomic mass is 10.0. The standard InChI is InChI=1S/C12H18N2/c1-9-5-4-6-12(10(9)2)14-7-11(8-14)13-3/h4-6,11,13H,7-8H2,1-3H3. The van der Waals surface area contributed by atoms with Gasteiger partial charge in [0, 0.05) is 24.8 Å². The molecule has 1 heterocycles. The maximum atomic E-state index is 3.29. The Labute approximate surface area is 85.9 Å². The summed E-state index contributed by atoms with van der Waals surface area (Å²) in [5.41, 5.74) is 4.20. The van der Waals surface area contributed by atoms with Gasteiger partial charge in [0.2, 0.25) is 0 Å². The van der Waals surface area contributed by atoms with Crippen molar-refractivity contribution in [2.24, 2.45) is 0 Å². The smallest absolute Gasteiger partial charge is 0.0418 e. The molecule has 1 saturated heterocycles. The molecule has 1 aromatic rings. The van der Waals surface area contributed by atoms with Crippen molar-refractivity contribution in [2.75, 3.05) is 25.0 Å². The van der Waals surface area contributed by atoms with Crippen molar-refractivity contribution in [2.45, 2.75) is 19.9 Å². The van der Waals surface area contributed by atoms with Crippen LogP contribution in [0.4, 0.5) is 5.69 Å². The maximum Gasteiger partial charge on any atom is 0.0418 e. The number of nitrogens with zero attached hydrogens (tertiary/aromatic N) is 1. The molecule has 1 N–H and O–H groups in total. The molecule has 0 amide bonds. The summed E-state index contributed by atoms with van der Waals surface area (Å²) in [6, 6.07) is 7.21. The summed E-state index contributed by atoms with van der Waals surface area (Å²) in [4.78, 5) is 2.43. The third-order valence-electron chi connectivity index (χ3n) is 3.21. The van der Waals surface area contributed by atoms with Crippen molar-refractivity contribution in [1.29, 1.82) is 0 Å². The van der Waals surface area contributed by atoms with E-state index in [1.54, 1.807) is 0 Å². The Balaban J connectivity index is 2.14. The van der Waals surface area contributed by atoms with Crippen molar-refractivity contribution in [3.8, 4) is 0 Å². The van der Waals surface area contributed by atoms with Crippen LogP contribution in [0.5, 0.6) is 0 Å². The first-order chi connectivity index (χ1) is 6.72. The number of hydrogen-bond acceptors (Lipinski definition) is 2. The molecular formula is C12H18N2. The van der Waals surface area contributed by atoms with Gasteiger partial charge in [0.15, 0.2) is 0 Å². The van der Waals surface area contributed by atoms with Gasteiger partial charge in [0.1, 0.15) is 0 Å². The molecule has 2 nitrogen and oxygen atoms in total. The highest BCUT2D eigenvalue weighted by atomic mass is 15.2. The summed E-state index contributed by atoms with van der Waals surface area (Å²) >= 11 is 0. The van der Waals surface area contributed by atoms with Crippen molar-refractivity contribution in [1.82, 2.24) is 5.32 Å². The van der Waals surface area contributed by atoms with E-state index in [1.165, 1.54) is 16.8 Å². The predicted molar refractivity (Wildman–Crippen MR) is 61.0 cm³/mol. The Bertz CT molecular complexity index is 327. The number of benzene rings is 1. The fraction of sp³-hybridized carbons (Fsp3) is 0.500. The number of anilines is 1. The van der Waals surface area contributed by atoms with Crippen molar-refractivity contribution in [3.63, 3.8) is 0 Å². The van der Waals surface area contributed by atoms with Gasteiger partial charge in [-0.1, -0.05) is 12.1 Å². The second-order valence-electron chi connectivity index (χ2n) is 4.11. The number of hydrogen-bond donors (Lipinski definition) is 1. The molecule has 1 aromatic carbocycles. The van der Waals surface area contributed by atoms with Crippen LogP contribution in [0.2, 0.25) is 0 Å². The van der Waals surface area contributed by atoms with Crippen LogP contribution >= 0.6 is 0 Å². The van der Waals surface area contributed by atoms with Crippen LogP contribution in [0.15, 0.2) is 18.2 Å². The molecule has 0 saturated carbocycles. The summed E-state index contributed by atoms with van der Waals surface area (Å²) in [6.45, 7) is 6.66. The molecule has 2 rings (SSSR count). The molecular weight excluding hydrogens is 172 g/mol. The minimum atomic E-state index is 0.676. The topological polar surface area (TPSA) is 15.3 Å². The Hall–Kier alpha value is -1.02. The maximum absolute atomic E-state index is 3.29. The van der Waals surface area contributed by atoms with Crippen LogP contribution in [0, 0.1) is 13.8 Å². The molecule has 0 bridgehead atoms. The lowest BCUT2D eigenvalue weighted by Gasteiger charge is -2.41. The summed E-state index contributed by atoms with van der Waals surface area (Å²) in [5.74, 6) is 0. The third-order valence-corrected chi connectivity index (χ3v) is 3.21. The van der Waals surface area contributed by atoms with E-state index in [0.717, 1.165) is 13.1 Å². The van der Waals surface area contributed by atoms with Gasteiger partial charge in [0.25, 0.3) is 0 Å². The molecule has 1 fully saturated rings. The largest absolute Gasteiger partial charge is 0.368 e. The van der Waals surface area contributed by atoms with E-state index >= 15 is 0 Å². The number of nitrogens with one attached hydrogen (secondary N) is 1. The number of rotatable bonds is 2. The molecule has 0 aliphatic carbocycles. The Morgan fingerprint density at radius 1 is 1.29 bits per heavy atom. The summed E-state index contributed by atoms with van der Waals surface area (Å²) in [6.07, 6.45) is 0. The average Bonchev–Trinajstić information content (AvgIpc) is 2.10. The summed E-state index contributed by atoms with van der Waals surface area (Å²) in [7, 11) is 2.03. The van der Waals surface area contributed by atoms with E-state index in [9.17, 15) is 0 Å². The normalized spacial score (nSPS) is 16.9. The van der Waals surface area contributed by atoms with Gasteiger partial charge in [-0.3, -0.25) is 0 Å². The summed E-state index contributed by atoms with van der Waals surface area (Å²) < 4.78 is 0. The minimum Gasteiger partial charge on any atom is -0.368 e. The molecule has 1 aliphatic rings. The lowest BCUT2D eigenvalue weighted by Crippen LogP contribution is -2.57. The molecule has 2 heteroatoms. The van der Waals surface area contributed by atoms with E-state index in [2.05, 4.69) is 42.3 Å². The van der Waals surface area contributed by atoms with Crippen LogP contribution < -0.4 is 10.2 Å². The van der Waals surface area contributed by atoms with Crippen LogP contribution in [-0.4, -0.2) is 26.2 Å². The quantitative estimate of drug-likeness (QED) is 0.763. The van der Waals surface area contributed by atoms with E-state index in [4.69, 9.17) is 0 Å². The number of likely N-dealkylation sites (N-methyl/N-ethyl adjacent to an activating group) is 1. The van der Waals surface area contributed by atoms with Gasteiger partial charge in [-0.2, -0.15) is 0 Å². The van der Waals surface area contributed by atoms with Gasteiger partial charge < -0.3 is 10.2 Å². The fourth-order valence-corrected chi connectivity index (χ4v) is 1.94. The Morgan fingerprint density at radius 2 is 2.00 bits per heavy atom. The molecule has 0 aromatic heterocycles. The van der Waals surface area contributed by atoms with Gasteiger partial charge >= 0.3 is 0 Å². The predicted octanol–water partition coefficient (Wildman–Crippen LogP) is 1.71. The Morgan fingerprint density at radius 3 is 2.64 bits per heavy atom. The van der Waals surface area contributed by atoms with Crippen LogP contribution in [-0.2, 0) is 0 Å². The monoisotopic (exact) mass is 190 g/mol. The first kappa shape index (κ1) is 9.53. The van der Waals surface area contributed by atoms with E-state index in [1.807, 2.05) is 7.05 Å². The highest BCUT2D eigenvalue weighted by Crippen LogP contribution is 2.26. The molecule has 0 radical (unpaired) electrons. The van der Waals surface area contributed by atoms with Gasteiger partial charge in [-0.05, 0) is 38.1 Å². The van der Waals surface area contributed by atoms with Crippen molar-refractivity contribution >= 4 is 5.69 Å². The summed E-state index contributed by atoms with van der Waals surface area (Å²) in [5, 5.41) is 3.29. The zero-order valence-electron chi connectivity index (χ0n) is 9.17. The van der Waals surface area contributed by atoms with E-state index in [-0.39, 0.29) is 0 Å². The van der Waals surface area contributed by atoms with E-state index in [0.29, 0.717) is 6.04 Å². The van der Waals surface area contributed by atoms with Gasteiger partial charge in [-0.25, -0.2) is 0 Å².